The van der Waals surface area contributed by atoms with Crippen LogP contribution in [0.25, 0.3) is 0 Å². The number of nitrogens with zero attached hydrogens (tertiary/aromatic N) is 2. The van der Waals surface area contributed by atoms with E-state index in [-0.39, 0.29) is 42.7 Å². The number of halogens is 1. The summed E-state index contributed by atoms with van der Waals surface area (Å²) in [6.07, 6.45) is 1.10. The molecule has 0 aromatic carbocycles. The molecule has 1 aromatic heterocycles. The molecule has 0 aliphatic carbocycles. The Labute approximate surface area is 124 Å². The molecule has 0 unspecified atom stereocenters. The van der Waals surface area contributed by atoms with E-state index in [0.717, 1.165) is 36.5 Å². The molecule has 0 bridgehead atoms. The monoisotopic (exact) mass is 368 g/mol. The third kappa shape index (κ3) is 3.23. The van der Waals surface area contributed by atoms with Gasteiger partial charge in [-0.25, -0.2) is 0 Å². The summed E-state index contributed by atoms with van der Waals surface area (Å²) in [6, 6.07) is 0.175. The Hall–Kier alpha value is -0.180. The van der Waals surface area contributed by atoms with Gasteiger partial charge in [-0.15, -0.1) is 24.0 Å². The molecule has 1 aliphatic heterocycles. The minimum Gasteiger partial charge on any atom is -0.395 e. The smallest absolute Gasteiger partial charge is 0.138 e. The van der Waals surface area contributed by atoms with Gasteiger partial charge < -0.3 is 14.4 Å². The van der Waals surface area contributed by atoms with Crippen molar-refractivity contribution >= 4 is 24.0 Å². The Morgan fingerprint density at radius 1 is 1.50 bits per heavy atom. The van der Waals surface area contributed by atoms with Crippen LogP contribution in [-0.4, -0.2) is 47.6 Å². The van der Waals surface area contributed by atoms with Crippen molar-refractivity contribution in [3.63, 3.8) is 0 Å². The lowest BCUT2D eigenvalue weighted by atomic mass is 10.1. The Bertz CT molecular complexity index is 364. The standard InChI is InChI=1S/C12H20N2O3.HI/c1-8-12(9(2)17-13-8)6-14-5-11(16-3)4-10(14)7-15;/h10-11,15H,4-7H2,1-3H3;1H/t10-,11+;/m0./s1. The summed E-state index contributed by atoms with van der Waals surface area (Å²) in [5, 5.41) is 13.3. The van der Waals surface area contributed by atoms with E-state index in [1.165, 1.54) is 0 Å². The molecule has 18 heavy (non-hydrogen) atoms. The molecule has 1 aromatic rings. The molecule has 5 nitrogen and oxygen atoms in total. The summed E-state index contributed by atoms with van der Waals surface area (Å²) in [7, 11) is 1.72. The van der Waals surface area contributed by atoms with Crippen molar-refractivity contribution in [2.45, 2.75) is 39.0 Å². The average Bonchev–Trinajstić information content (AvgIpc) is 2.87. The molecule has 0 spiro atoms. The number of likely N-dealkylation sites (tertiary alicyclic amines) is 1. The highest BCUT2D eigenvalue weighted by Gasteiger charge is 2.32. The maximum atomic E-state index is 9.38. The van der Waals surface area contributed by atoms with Gasteiger partial charge in [0.15, 0.2) is 0 Å². The summed E-state index contributed by atoms with van der Waals surface area (Å²) in [5.74, 6) is 0.861. The van der Waals surface area contributed by atoms with E-state index in [9.17, 15) is 5.11 Å². The Morgan fingerprint density at radius 2 is 2.22 bits per heavy atom. The van der Waals surface area contributed by atoms with Gasteiger partial charge >= 0.3 is 0 Å². The maximum absolute atomic E-state index is 9.38. The van der Waals surface area contributed by atoms with Crippen LogP contribution in [0.3, 0.4) is 0 Å². The number of hydrogen-bond donors (Lipinski definition) is 1. The topological polar surface area (TPSA) is 58.7 Å². The minimum absolute atomic E-state index is 0. The fraction of sp³-hybridized carbons (Fsp3) is 0.750. The van der Waals surface area contributed by atoms with Crippen molar-refractivity contribution in [3.05, 3.63) is 17.0 Å². The van der Waals surface area contributed by atoms with E-state index in [0.29, 0.717) is 0 Å². The predicted octanol–water partition coefficient (Wildman–Crippen LogP) is 1.49. The molecule has 2 rings (SSSR count). The molecule has 104 valence electrons. The van der Waals surface area contributed by atoms with Gasteiger partial charge in [0.05, 0.1) is 18.4 Å². The third-order valence-electron chi connectivity index (χ3n) is 3.58. The van der Waals surface area contributed by atoms with Gasteiger partial charge in [0, 0.05) is 31.8 Å². The first-order chi connectivity index (χ1) is 8.15. The number of aliphatic hydroxyl groups excluding tert-OH is 1. The van der Waals surface area contributed by atoms with Crippen molar-refractivity contribution in [2.75, 3.05) is 20.3 Å². The first-order valence-electron chi connectivity index (χ1n) is 5.95. The third-order valence-corrected chi connectivity index (χ3v) is 3.58. The average molecular weight is 368 g/mol. The number of rotatable bonds is 4. The van der Waals surface area contributed by atoms with Crippen LogP contribution in [0.2, 0.25) is 0 Å². The summed E-state index contributed by atoms with van der Waals surface area (Å²) in [4.78, 5) is 2.24. The van der Waals surface area contributed by atoms with Crippen LogP contribution < -0.4 is 0 Å². The van der Waals surface area contributed by atoms with Gasteiger partial charge in [-0.3, -0.25) is 4.90 Å². The summed E-state index contributed by atoms with van der Waals surface area (Å²) < 4.78 is 10.5. The SMILES string of the molecule is CO[C@@H]1C[C@@H](CO)N(Cc2c(C)noc2C)C1.I. The van der Waals surface area contributed by atoms with Gasteiger partial charge in [-0.05, 0) is 20.3 Å². The van der Waals surface area contributed by atoms with Gasteiger partial charge in [-0.2, -0.15) is 0 Å². The molecule has 0 radical (unpaired) electrons. The number of aliphatic hydroxyl groups is 1. The molecular weight excluding hydrogens is 347 g/mol. The zero-order valence-electron chi connectivity index (χ0n) is 11.0. The second-order valence-electron chi connectivity index (χ2n) is 4.66. The lowest BCUT2D eigenvalue weighted by Gasteiger charge is -2.21. The zero-order chi connectivity index (χ0) is 12.4. The molecule has 1 N–H and O–H groups in total. The molecule has 2 atom stereocenters. The summed E-state index contributed by atoms with van der Waals surface area (Å²) in [5.41, 5.74) is 2.06. The van der Waals surface area contributed by atoms with Crippen LogP contribution in [0.5, 0.6) is 0 Å². The van der Waals surface area contributed by atoms with E-state index >= 15 is 0 Å². The number of hydrogen-bond acceptors (Lipinski definition) is 5. The number of ether oxygens (including phenoxy) is 1. The van der Waals surface area contributed by atoms with Gasteiger partial charge in [0.25, 0.3) is 0 Å². The van der Waals surface area contributed by atoms with Crippen molar-refractivity contribution < 1.29 is 14.4 Å². The van der Waals surface area contributed by atoms with E-state index in [4.69, 9.17) is 9.26 Å². The Kier molecular flexibility index (Phi) is 6.03. The second kappa shape index (κ2) is 6.83. The highest BCUT2D eigenvalue weighted by atomic mass is 127. The van der Waals surface area contributed by atoms with E-state index in [2.05, 4.69) is 10.1 Å². The van der Waals surface area contributed by atoms with Crippen LogP contribution in [0, 0.1) is 13.8 Å². The van der Waals surface area contributed by atoms with Crippen LogP contribution >= 0.6 is 24.0 Å². The molecule has 1 aliphatic rings. The van der Waals surface area contributed by atoms with E-state index in [1.54, 1.807) is 7.11 Å². The Balaban J connectivity index is 0.00000162. The van der Waals surface area contributed by atoms with Crippen LogP contribution in [0.15, 0.2) is 4.52 Å². The molecule has 0 amide bonds. The quantitative estimate of drug-likeness (QED) is 0.817. The van der Waals surface area contributed by atoms with Crippen molar-refractivity contribution in [2.24, 2.45) is 0 Å². The van der Waals surface area contributed by atoms with Crippen molar-refractivity contribution in [1.82, 2.24) is 10.1 Å². The predicted molar refractivity (Wildman–Crippen MR) is 78.1 cm³/mol. The normalized spacial score (nSPS) is 24.2. The lowest BCUT2D eigenvalue weighted by molar-refractivity contribution is 0.107. The highest BCUT2D eigenvalue weighted by Crippen LogP contribution is 2.24. The van der Waals surface area contributed by atoms with E-state index < -0.39 is 0 Å². The van der Waals surface area contributed by atoms with Crippen LogP contribution in [0.4, 0.5) is 0 Å². The van der Waals surface area contributed by atoms with E-state index in [1.807, 2.05) is 13.8 Å². The zero-order valence-corrected chi connectivity index (χ0v) is 13.4. The minimum atomic E-state index is 0. The highest BCUT2D eigenvalue weighted by molar-refractivity contribution is 14.0. The summed E-state index contributed by atoms with van der Waals surface area (Å²) >= 11 is 0. The van der Waals surface area contributed by atoms with Gasteiger partial charge in [0.1, 0.15) is 5.76 Å². The van der Waals surface area contributed by atoms with Crippen molar-refractivity contribution in [3.8, 4) is 0 Å². The van der Waals surface area contributed by atoms with Crippen LogP contribution in [0.1, 0.15) is 23.4 Å². The first-order valence-corrected chi connectivity index (χ1v) is 5.95. The lowest BCUT2D eigenvalue weighted by Crippen LogP contribution is -2.32. The molecular formula is C12H21IN2O3. The van der Waals surface area contributed by atoms with Gasteiger partial charge in [-0.1, -0.05) is 5.16 Å². The van der Waals surface area contributed by atoms with Gasteiger partial charge in [0.2, 0.25) is 0 Å². The molecule has 2 heterocycles. The molecule has 1 fully saturated rings. The van der Waals surface area contributed by atoms with Crippen molar-refractivity contribution in [1.29, 1.82) is 0 Å². The largest absolute Gasteiger partial charge is 0.395 e. The first kappa shape index (κ1) is 15.9. The number of aryl methyl sites for hydroxylation is 2. The fourth-order valence-corrected chi connectivity index (χ4v) is 2.42. The number of aromatic nitrogens is 1. The molecule has 1 saturated heterocycles. The van der Waals surface area contributed by atoms with Crippen LogP contribution in [-0.2, 0) is 11.3 Å². The fourth-order valence-electron chi connectivity index (χ4n) is 2.42. The number of methoxy groups -OCH3 is 1. The summed E-state index contributed by atoms with van der Waals surface area (Å²) in [6.45, 7) is 5.66. The maximum Gasteiger partial charge on any atom is 0.138 e. The Morgan fingerprint density at radius 3 is 2.72 bits per heavy atom. The molecule has 0 saturated carbocycles. The molecule has 6 heteroatoms. The second-order valence-corrected chi connectivity index (χ2v) is 4.66.